The maximum atomic E-state index is 6.09. The number of nitrogens with two attached hydrogens (primary N) is 1. The number of nitrogens with zero attached hydrogens (tertiary/aromatic N) is 1. The molecule has 0 heterocycles. The Balaban J connectivity index is 0.00000243. The molecule has 0 saturated heterocycles. The summed E-state index contributed by atoms with van der Waals surface area (Å²) in [5.41, 5.74) is 9.76. The topological polar surface area (TPSA) is 68.9 Å². The van der Waals surface area contributed by atoms with E-state index in [9.17, 15) is 0 Å². The van der Waals surface area contributed by atoms with Crippen LogP contribution >= 0.6 is 24.0 Å². The molecule has 3 N–H and O–H groups in total. The van der Waals surface area contributed by atoms with E-state index in [-0.39, 0.29) is 29.4 Å². The quantitative estimate of drug-likeness (QED) is 0.382. The van der Waals surface area contributed by atoms with Gasteiger partial charge in [0.15, 0.2) is 17.5 Å². The van der Waals surface area contributed by atoms with E-state index in [0.29, 0.717) is 24.0 Å². The lowest BCUT2D eigenvalue weighted by Crippen LogP contribution is -2.25. The van der Waals surface area contributed by atoms with Gasteiger partial charge in [0, 0.05) is 17.2 Å². The van der Waals surface area contributed by atoms with Crippen molar-refractivity contribution in [3.8, 4) is 11.5 Å². The van der Waals surface area contributed by atoms with Crippen LogP contribution in [0, 0.1) is 6.92 Å². The second-order valence-electron chi connectivity index (χ2n) is 6.49. The first-order valence-electron chi connectivity index (χ1n) is 8.43. The molecule has 1 fully saturated rings. The van der Waals surface area contributed by atoms with E-state index in [1.807, 2.05) is 18.2 Å². The summed E-state index contributed by atoms with van der Waals surface area (Å²) in [6.07, 6.45) is 2.32. The van der Waals surface area contributed by atoms with Crippen molar-refractivity contribution in [1.29, 1.82) is 0 Å². The monoisotopic (exact) mass is 467 g/mol. The van der Waals surface area contributed by atoms with Crippen molar-refractivity contribution >= 4 is 35.6 Å². The fourth-order valence-electron chi connectivity index (χ4n) is 3.17. The lowest BCUT2D eigenvalue weighted by atomic mass is 9.92. The summed E-state index contributed by atoms with van der Waals surface area (Å²) in [7, 11) is 3.22. The molecule has 1 aliphatic rings. The number of nitrogens with one attached hydrogen (secondary N) is 1. The minimum absolute atomic E-state index is 0. The number of halogens is 1. The van der Waals surface area contributed by atoms with E-state index in [4.69, 9.17) is 15.2 Å². The Morgan fingerprint density at radius 1 is 1.12 bits per heavy atom. The number of guanidine groups is 1. The third kappa shape index (κ3) is 4.41. The van der Waals surface area contributed by atoms with E-state index >= 15 is 0 Å². The highest BCUT2D eigenvalue weighted by molar-refractivity contribution is 14.0. The number of methoxy groups -OCH3 is 2. The molecular weight excluding hydrogens is 441 g/mol. The first-order valence-corrected chi connectivity index (χ1v) is 8.43. The van der Waals surface area contributed by atoms with Gasteiger partial charge in [0.2, 0.25) is 0 Å². The molecule has 5 nitrogen and oxygen atoms in total. The zero-order valence-electron chi connectivity index (χ0n) is 15.4. The summed E-state index contributed by atoms with van der Waals surface area (Å²) in [5.74, 6) is 1.74. The van der Waals surface area contributed by atoms with Crippen LogP contribution in [0.2, 0.25) is 0 Å². The summed E-state index contributed by atoms with van der Waals surface area (Å²) >= 11 is 0. The molecule has 26 heavy (non-hydrogen) atoms. The summed E-state index contributed by atoms with van der Waals surface area (Å²) in [5, 5.41) is 3.13. The van der Waals surface area contributed by atoms with E-state index in [1.165, 1.54) is 11.1 Å². The van der Waals surface area contributed by atoms with Gasteiger partial charge in [0.1, 0.15) is 0 Å². The second kappa shape index (κ2) is 8.62. The Kier molecular flexibility index (Phi) is 6.75. The number of aliphatic imine (C=N–C) groups is 1. The third-order valence-corrected chi connectivity index (χ3v) is 4.78. The maximum Gasteiger partial charge on any atom is 0.193 e. The molecule has 2 aromatic rings. The van der Waals surface area contributed by atoms with Crippen LogP contribution in [0.15, 0.2) is 47.5 Å². The molecule has 0 atom stereocenters. The second-order valence-corrected chi connectivity index (χ2v) is 6.49. The molecule has 6 heteroatoms. The molecule has 3 rings (SSSR count). The summed E-state index contributed by atoms with van der Waals surface area (Å²) in [4.78, 5) is 4.58. The van der Waals surface area contributed by atoms with Crippen molar-refractivity contribution in [3.05, 3.63) is 53.6 Å². The highest BCUT2D eigenvalue weighted by Crippen LogP contribution is 2.49. The van der Waals surface area contributed by atoms with Gasteiger partial charge in [-0.05, 0) is 43.0 Å². The van der Waals surface area contributed by atoms with E-state index in [0.717, 1.165) is 18.5 Å². The third-order valence-electron chi connectivity index (χ3n) is 4.78. The van der Waals surface area contributed by atoms with Gasteiger partial charge in [-0.15, -0.1) is 24.0 Å². The number of ether oxygens (including phenoxy) is 2. The number of aryl methyl sites for hydroxylation is 1. The van der Waals surface area contributed by atoms with Crippen molar-refractivity contribution in [1.82, 2.24) is 0 Å². The van der Waals surface area contributed by atoms with E-state index in [1.54, 1.807) is 14.2 Å². The normalized spacial score (nSPS) is 15.0. The minimum atomic E-state index is 0. The SMILES string of the molecule is COc1ccc(NC(N)=NCC2(c3ccccc3C)CC2)cc1OC.I. The predicted octanol–water partition coefficient (Wildman–Crippen LogP) is 4.09. The van der Waals surface area contributed by atoms with Gasteiger partial charge < -0.3 is 20.5 Å². The minimum Gasteiger partial charge on any atom is -0.493 e. The molecule has 0 unspecified atom stereocenters. The van der Waals surface area contributed by atoms with Crippen molar-refractivity contribution in [2.75, 3.05) is 26.1 Å². The van der Waals surface area contributed by atoms with Crippen molar-refractivity contribution in [3.63, 3.8) is 0 Å². The van der Waals surface area contributed by atoms with Crippen LogP contribution in [-0.2, 0) is 5.41 Å². The van der Waals surface area contributed by atoms with Gasteiger partial charge in [-0.2, -0.15) is 0 Å². The fourth-order valence-corrected chi connectivity index (χ4v) is 3.17. The lowest BCUT2D eigenvalue weighted by molar-refractivity contribution is 0.355. The largest absolute Gasteiger partial charge is 0.493 e. The standard InChI is InChI=1S/C20H25N3O2.HI/c1-14-6-4-5-7-16(14)20(10-11-20)13-22-19(21)23-15-8-9-17(24-2)18(12-15)25-3;/h4-9,12H,10-11,13H2,1-3H3,(H3,21,22,23);1H. The molecule has 140 valence electrons. The Hall–Kier alpha value is -1.96. The molecule has 2 aromatic carbocycles. The Bertz CT molecular complexity index is 788. The first-order chi connectivity index (χ1) is 12.1. The van der Waals surface area contributed by atoms with Gasteiger partial charge >= 0.3 is 0 Å². The van der Waals surface area contributed by atoms with Crippen LogP contribution in [0.5, 0.6) is 11.5 Å². The fraction of sp³-hybridized carbons (Fsp3) is 0.350. The zero-order valence-corrected chi connectivity index (χ0v) is 17.7. The van der Waals surface area contributed by atoms with Crippen LogP contribution in [0.25, 0.3) is 0 Å². The summed E-state index contributed by atoms with van der Waals surface area (Å²) < 4.78 is 10.6. The molecule has 0 bridgehead atoms. The molecule has 0 amide bonds. The number of rotatable bonds is 6. The molecule has 1 saturated carbocycles. The highest BCUT2D eigenvalue weighted by atomic mass is 127. The Morgan fingerprint density at radius 3 is 2.42 bits per heavy atom. The van der Waals surface area contributed by atoms with Crippen molar-refractivity contribution < 1.29 is 9.47 Å². The highest BCUT2D eigenvalue weighted by Gasteiger charge is 2.44. The number of hydrogen-bond donors (Lipinski definition) is 2. The van der Waals surface area contributed by atoms with Gasteiger partial charge in [0.25, 0.3) is 0 Å². The average Bonchev–Trinajstić information content (AvgIpc) is 3.41. The van der Waals surface area contributed by atoms with Crippen LogP contribution in [-0.4, -0.2) is 26.7 Å². The number of hydrogen-bond acceptors (Lipinski definition) is 3. The van der Waals surface area contributed by atoms with Gasteiger partial charge in [0.05, 0.1) is 20.8 Å². The summed E-state index contributed by atoms with van der Waals surface area (Å²) in [6, 6.07) is 14.1. The van der Waals surface area contributed by atoms with Gasteiger partial charge in [-0.3, -0.25) is 4.99 Å². The maximum absolute atomic E-state index is 6.09. The van der Waals surface area contributed by atoms with Crippen LogP contribution < -0.4 is 20.5 Å². The Labute approximate surface area is 172 Å². The molecular formula is C20H26IN3O2. The van der Waals surface area contributed by atoms with E-state index < -0.39 is 0 Å². The summed E-state index contributed by atoms with van der Waals surface area (Å²) in [6.45, 7) is 2.86. The lowest BCUT2D eigenvalue weighted by Gasteiger charge is -2.16. The van der Waals surface area contributed by atoms with Gasteiger partial charge in [-0.1, -0.05) is 24.3 Å². The van der Waals surface area contributed by atoms with Gasteiger partial charge in [-0.25, -0.2) is 0 Å². The molecule has 0 aromatic heterocycles. The molecule has 0 spiro atoms. The van der Waals surface area contributed by atoms with Crippen LogP contribution in [0.1, 0.15) is 24.0 Å². The first kappa shape index (κ1) is 20.4. The molecule has 1 aliphatic carbocycles. The number of anilines is 1. The van der Waals surface area contributed by atoms with E-state index in [2.05, 4.69) is 41.5 Å². The molecule has 0 aliphatic heterocycles. The van der Waals surface area contributed by atoms with Crippen LogP contribution in [0.4, 0.5) is 5.69 Å². The van der Waals surface area contributed by atoms with Crippen LogP contribution in [0.3, 0.4) is 0 Å². The predicted molar refractivity (Wildman–Crippen MR) is 117 cm³/mol. The molecule has 0 radical (unpaired) electrons. The Morgan fingerprint density at radius 2 is 1.81 bits per heavy atom. The van der Waals surface area contributed by atoms with Crippen molar-refractivity contribution in [2.45, 2.75) is 25.2 Å². The van der Waals surface area contributed by atoms with Crippen molar-refractivity contribution in [2.24, 2.45) is 10.7 Å². The number of benzene rings is 2. The zero-order chi connectivity index (χ0) is 17.9. The average molecular weight is 467 g/mol. The smallest absolute Gasteiger partial charge is 0.193 e.